The molecule has 94 valence electrons. The summed E-state index contributed by atoms with van der Waals surface area (Å²) in [6, 6.07) is 5.28. The molecule has 0 radical (unpaired) electrons. The molecule has 17 heavy (non-hydrogen) atoms. The maximum atomic E-state index is 11.7. The quantitative estimate of drug-likeness (QED) is 0.757. The average Bonchev–Trinajstić information content (AvgIpc) is 2.28. The zero-order valence-electron chi connectivity index (χ0n) is 9.70. The number of amides is 1. The highest BCUT2D eigenvalue weighted by Crippen LogP contribution is 2.17. The number of halogens is 1. The Morgan fingerprint density at radius 2 is 2.24 bits per heavy atom. The summed E-state index contributed by atoms with van der Waals surface area (Å²) in [5, 5.41) is 11.6. The first-order valence-corrected chi connectivity index (χ1v) is 5.76. The molecule has 0 saturated carbocycles. The molecule has 0 aromatic heterocycles. The second-order valence-corrected chi connectivity index (χ2v) is 3.98. The van der Waals surface area contributed by atoms with Gasteiger partial charge in [-0.25, -0.2) is 0 Å². The molecular formula is C12H16ClNO3. The van der Waals surface area contributed by atoms with Gasteiger partial charge in [0.05, 0.1) is 30.4 Å². The van der Waals surface area contributed by atoms with Crippen molar-refractivity contribution >= 4 is 17.5 Å². The summed E-state index contributed by atoms with van der Waals surface area (Å²) in [6.45, 7) is 2.94. The molecule has 0 saturated heterocycles. The molecule has 0 aliphatic rings. The number of carbonyl (C=O) groups excluding carboxylic acids is 1. The zero-order valence-corrected chi connectivity index (χ0v) is 10.5. The predicted octanol–water partition coefficient (Wildman–Crippen LogP) is 1.39. The Bertz CT molecular complexity index is 382. The van der Waals surface area contributed by atoms with Crippen LogP contribution in [0.1, 0.15) is 15.9 Å². The molecule has 0 spiro atoms. The van der Waals surface area contributed by atoms with Crippen LogP contribution in [0.3, 0.4) is 0 Å². The molecule has 0 aliphatic heterocycles. The first-order chi connectivity index (χ1) is 8.15. The van der Waals surface area contributed by atoms with Crippen LogP contribution in [-0.4, -0.2) is 37.4 Å². The lowest BCUT2D eigenvalue weighted by molar-refractivity contribution is 0.0838. The zero-order chi connectivity index (χ0) is 12.7. The molecule has 0 aliphatic carbocycles. The molecular weight excluding hydrogens is 242 g/mol. The van der Waals surface area contributed by atoms with E-state index in [0.717, 1.165) is 5.56 Å². The van der Waals surface area contributed by atoms with E-state index in [0.29, 0.717) is 23.7 Å². The number of hydrogen-bond donors (Lipinski definition) is 2. The minimum Gasteiger partial charge on any atom is -0.394 e. The van der Waals surface area contributed by atoms with Crippen molar-refractivity contribution in [2.45, 2.75) is 6.92 Å². The van der Waals surface area contributed by atoms with Gasteiger partial charge < -0.3 is 15.2 Å². The first kappa shape index (κ1) is 14.0. The number of nitrogens with one attached hydrogen (secondary N) is 1. The van der Waals surface area contributed by atoms with E-state index in [2.05, 4.69) is 5.32 Å². The smallest absolute Gasteiger partial charge is 0.252 e. The minimum atomic E-state index is -0.220. The van der Waals surface area contributed by atoms with Gasteiger partial charge >= 0.3 is 0 Å². The van der Waals surface area contributed by atoms with E-state index < -0.39 is 0 Å². The second kappa shape index (κ2) is 7.27. The van der Waals surface area contributed by atoms with E-state index >= 15 is 0 Å². The van der Waals surface area contributed by atoms with Gasteiger partial charge in [0, 0.05) is 6.54 Å². The van der Waals surface area contributed by atoms with E-state index in [1.165, 1.54) is 0 Å². The van der Waals surface area contributed by atoms with Crippen molar-refractivity contribution in [1.82, 2.24) is 5.32 Å². The topological polar surface area (TPSA) is 58.6 Å². The molecule has 1 amide bonds. The van der Waals surface area contributed by atoms with Crippen molar-refractivity contribution in [3.63, 3.8) is 0 Å². The van der Waals surface area contributed by atoms with Crippen LogP contribution in [0.15, 0.2) is 18.2 Å². The van der Waals surface area contributed by atoms with Gasteiger partial charge in [-0.2, -0.15) is 0 Å². The van der Waals surface area contributed by atoms with Crippen LogP contribution in [0.5, 0.6) is 0 Å². The number of benzene rings is 1. The highest BCUT2D eigenvalue weighted by atomic mass is 35.5. The largest absolute Gasteiger partial charge is 0.394 e. The Balaban J connectivity index is 2.42. The second-order valence-electron chi connectivity index (χ2n) is 3.58. The predicted molar refractivity (Wildman–Crippen MR) is 66.4 cm³/mol. The fraction of sp³-hybridized carbons (Fsp3) is 0.417. The lowest BCUT2D eigenvalue weighted by atomic mass is 10.1. The Kier molecular flexibility index (Phi) is 5.97. The average molecular weight is 258 g/mol. The van der Waals surface area contributed by atoms with Gasteiger partial charge in [0.2, 0.25) is 0 Å². The molecule has 0 bridgehead atoms. The van der Waals surface area contributed by atoms with Crippen LogP contribution < -0.4 is 5.32 Å². The van der Waals surface area contributed by atoms with Crippen LogP contribution in [-0.2, 0) is 4.74 Å². The molecule has 1 aromatic rings. The van der Waals surface area contributed by atoms with Gasteiger partial charge in [-0.3, -0.25) is 4.79 Å². The van der Waals surface area contributed by atoms with Crippen molar-refractivity contribution in [2.24, 2.45) is 0 Å². The number of aliphatic hydroxyl groups is 1. The van der Waals surface area contributed by atoms with Gasteiger partial charge in [0.15, 0.2) is 0 Å². The third-order valence-corrected chi connectivity index (χ3v) is 2.45. The number of hydrogen-bond acceptors (Lipinski definition) is 3. The maximum Gasteiger partial charge on any atom is 0.252 e. The van der Waals surface area contributed by atoms with Gasteiger partial charge in [-0.05, 0) is 24.6 Å². The van der Waals surface area contributed by atoms with Gasteiger partial charge in [0.1, 0.15) is 0 Å². The molecule has 0 heterocycles. The number of aliphatic hydroxyl groups excluding tert-OH is 1. The lowest BCUT2D eigenvalue weighted by Gasteiger charge is -2.07. The highest BCUT2D eigenvalue weighted by molar-refractivity contribution is 6.33. The van der Waals surface area contributed by atoms with E-state index in [4.69, 9.17) is 21.4 Å². The van der Waals surface area contributed by atoms with Crippen LogP contribution in [0.25, 0.3) is 0 Å². The summed E-state index contributed by atoms with van der Waals surface area (Å²) in [5.41, 5.74) is 1.47. The van der Waals surface area contributed by atoms with Crippen molar-refractivity contribution in [3.8, 4) is 0 Å². The fourth-order valence-corrected chi connectivity index (χ4v) is 1.62. The SMILES string of the molecule is Cc1ccc(C(=O)NCCOCCO)c(Cl)c1. The third kappa shape index (κ3) is 4.73. The maximum absolute atomic E-state index is 11.7. The Morgan fingerprint density at radius 3 is 2.88 bits per heavy atom. The van der Waals surface area contributed by atoms with Crippen molar-refractivity contribution in [2.75, 3.05) is 26.4 Å². The number of aryl methyl sites for hydroxylation is 1. The molecule has 0 atom stereocenters. The fourth-order valence-electron chi connectivity index (χ4n) is 1.30. The van der Waals surface area contributed by atoms with Gasteiger partial charge in [0.25, 0.3) is 5.91 Å². The van der Waals surface area contributed by atoms with Crippen LogP contribution in [0, 0.1) is 6.92 Å². The summed E-state index contributed by atoms with van der Waals surface area (Å²) < 4.78 is 5.02. The summed E-state index contributed by atoms with van der Waals surface area (Å²) in [5.74, 6) is -0.220. The lowest BCUT2D eigenvalue weighted by Crippen LogP contribution is -2.27. The van der Waals surface area contributed by atoms with E-state index in [9.17, 15) is 4.79 Å². The monoisotopic (exact) mass is 257 g/mol. The number of carbonyl (C=O) groups is 1. The van der Waals surface area contributed by atoms with Crippen molar-refractivity contribution < 1.29 is 14.6 Å². The number of rotatable bonds is 6. The van der Waals surface area contributed by atoms with Crippen LogP contribution >= 0.6 is 11.6 Å². The summed E-state index contributed by atoms with van der Waals surface area (Å²) >= 11 is 5.96. The Hall–Kier alpha value is -1.10. The van der Waals surface area contributed by atoms with E-state index in [-0.39, 0.29) is 19.1 Å². The molecule has 2 N–H and O–H groups in total. The Morgan fingerprint density at radius 1 is 1.47 bits per heavy atom. The molecule has 5 heteroatoms. The molecule has 1 rings (SSSR count). The van der Waals surface area contributed by atoms with Crippen LogP contribution in [0.2, 0.25) is 5.02 Å². The Labute approximate surface area is 106 Å². The molecule has 4 nitrogen and oxygen atoms in total. The molecule has 0 fully saturated rings. The third-order valence-electron chi connectivity index (χ3n) is 2.14. The van der Waals surface area contributed by atoms with E-state index in [1.807, 2.05) is 13.0 Å². The standard InChI is InChI=1S/C12H16ClNO3/c1-9-2-3-10(11(13)8-9)12(16)14-4-6-17-7-5-15/h2-3,8,15H,4-7H2,1H3,(H,14,16). The van der Waals surface area contributed by atoms with Gasteiger partial charge in [-0.15, -0.1) is 0 Å². The molecule has 0 unspecified atom stereocenters. The van der Waals surface area contributed by atoms with Crippen molar-refractivity contribution in [1.29, 1.82) is 0 Å². The normalized spacial score (nSPS) is 10.3. The summed E-state index contributed by atoms with van der Waals surface area (Å²) in [7, 11) is 0. The highest BCUT2D eigenvalue weighted by Gasteiger charge is 2.09. The summed E-state index contributed by atoms with van der Waals surface area (Å²) in [4.78, 5) is 11.7. The van der Waals surface area contributed by atoms with Crippen LogP contribution in [0.4, 0.5) is 0 Å². The summed E-state index contributed by atoms with van der Waals surface area (Å²) in [6.07, 6.45) is 0. The minimum absolute atomic E-state index is 0.0161. The first-order valence-electron chi connectivity index (χ1n) is 5.38. The number of ether oxygens (including phenoxy) is 1. The molecule has 1 aromatic carbocycles. The van der Waals surface area contributed by atoms with Crippen molar-refractivity contribution in [3.05, 3.63) is 34.3 Å². The van der Waals surface area contributed by atoms with E-state index in [1.54, 1.807) is 12.1 Å². The van der Waals surface area contributed by atoms with Gasteiger partial charge in [-0.1, -0.05) is 17.7 Å².